The molecule has 1 aromatic rings. The maximum absolute atomic E-state index is 12.4. The van der Waals surface area contributed by atoms with Crippen molar-refractivity contribution in [1.29, 1.82) is 0 Å². The molecule has 0 amide bonds. The quantitative estimate of drug-likeness (QED) is 0.307. The molecule has 0 spiro atoms. The van der Waals surface area contributed by atoms with Crippen LogP contribution in [0.4, 0.5) is 0 Å². The number of rotatable bonds is 12. The molecule has 0 bridgehead atoms. The number of phenolic OH excluding ortho intramolecular Hbond substituents is 1. The summed E-state index contributed by atoms with van der Waals surface area (Å²) >= 11 is 1.87. The Bertz CT molecular complexity index is 605. The first-order chi connectivity index (χ1) is 13.2. The van der Waals surface area contributed by atoms with Crippen LogP contribution < -0.4 is 0 Å². The van der Waals surface area contributed by atoms with Crippen molar-refractivity contribution in [3.8, 4) is 5.75 Å². The Labute approximate surface area is 176 Å². The van der Waals surface area contributed by atoms with Crippen LogP contribution in [0.2, 0.25) is 0 Å². The zero-order chi connectivity index (χ0) is 21.2. The van der Waals surface area contributed by atoms with Crippen molar-refractivity contribution in [1.82, 2.24) is 0 Å². The van der Waals surface area contributed by atoms with Crippen molar-refractivity contribution < 1.29 is 14.6 Å². The molecule has 0 heterocycles. The van der Waals surface area contributed by atoms with E-state index in [-0.39, 0.29) is 17.3 Å². The molecule has 0 fully saturated rings. The van der Waals surface area contributed by atoms with Crippen molar-refractivity contribution >= 4 is 17.7 Å². The molecule has 0 aliphatic rings. The molecule has 1 aromatic carbocycles. The van der Waals surface area contributed by atoms with Gasteiger partial charge in [0.2, 0.25) is 0 Å². The zero-order valence-corrected chi connectivity index (χ0v) is 19.6. The number of aryl methyl sites for hydroxylation is 1. The van der Waals surface area contributed by atoms with Crippen molar-refractivity contribution in [2.75, 3.05) is 18.1 Å². The molecule has 0 saturated carbocycles. The third kappa shape index (κ3) is 8.46. The Morgan fingerprint density at radius 3 is 2.39 bits per heavy atom. The van der Waals surface area contributed by atoms with Crippen LogP contribution in [0.1, 0.15) is 95.8 Å². The van der Waals surface area contributed by atoms with Gasteiger partial charge in [-0.3, -0.25) is 4.79 Å². The molecule has 160 valence electrons. The summed E-state index contributed by atoms with van der Waals surface area (Å²) in [5, 5.41) is 10.4. The Hall–Kier alpha value is -1.16. The number of ether oxygens (including phenoxy) is 1. The molecular weight excluding hydrogens is 368 g/mol. The number of aromatic hydroxyl groups is 1. The van der Waals surface area contributed by atoms with E-state index in [0.717, 1.165) is 28.2 Å². The smallest absolute Gasteiger partial charge is 0.313 e. The molecule has 1 rings (SSSR count). The highest BCUT2D eigenvalue weighted by molar-refractivity contribution is 7.99. The van der Waals surface area contributed by atoms with Crippen LogP contribution in [0.5, 0.6) is 5.75 Å². The molecule has 4 heteroatoms. The van der Waals surface area contributed by atoms with E-state index >= 15 is 0 Å². The van der Waals surface area contributed by atoms with Crippen molar-refractivity contribution in [2.24, 2.45) is 0 Å². The summed E-state index contributed by atoms with van der Waals surface area (Å²) in [6.45, 7) is 12.7. The fraction of sp³-hybridized carbons (Fsp3) is 0.708. The van der Waals surface area contributed by atoms with Gasteiger partial charge in [0, 0.05) is 5.75 Å². The van der Waals surface area contributed by atoms with E-state index in [4.69, 9.17) is 4.74 Å². The zero-order valence-electron chi connectivity index (χ0n) is 18.8. The highest BCUT2D eigenvalue weighted by atomic mass is 32.2. The number of phenols is 1. The van der Waals surface area contributed by atoms with E-state index < -0.39 is 0 Å². The minimum absolute atomic E-state index is 0.179. The molecule has 0 aromatic heterocycles. The number of carbonyl (C=O) groups is 1. The summed E-state index contributed by atoms with van der Waals surface area (Å²) in [5.74, 6) is 1.80. The number of esters is 1. The molecule has 0 aliphatic carbocycles. The number of hydrogen-bond donors (Lipinski definition) is 1. The van der Waals surface area contributed by atoms with Gasteiger partial charge in [-0.15, -0.1) is 0 Å². The second kappa shape index (κ2) is 12.4. The van der Waals surface area contributed by atoms with Gasteiger partial charge in [-0.05, 0) is 48.1 Å². The van der Waals surface area contributed by atoms with Gasteiger partial charge in [-0.1, -0.05) is 71.9 Å². The van der Waals surface area contributed by atoms with E-state index in [9.17, 15) is 9.90 Å². The van der Waals surface area contributed by atoms with E-state index in [0.29, 0.717) is 12.4 Å². The lowest BCUT2D eigenvalue weighted by Gasteiger charge is -2.24. The monoisotopic (exact) mass is 408 g/mol. The van der Waals surface area contributed by atoms with E-state index in [2.05, 4.69) is 27.7 Å². The summed E-state index contributed by atoms with van der Waals surface area (Å²) in [6, 6.07) is 3.84. The summed E-state index contributed by atoms with van der Waals surface area (Å²) in [7, 11) is 0. The summed E-state index contributed by atoms with van der Waals surface area (Å²) in [4.78, 5) is 12.4. The highest BCUT2D eigenvalue weighted by Gasteiger charge is 2.24. The first kappa shape index (κ1) is 24.9. The lowest BCUT2D eigenvalue weighted by molar-refractivity contribution is -0.144. The van der Waals surface area contributed by atoms with Gasteiger partial charge >= 0.3 is 5.97 Å². The molecule has 3 nitrogen and oxygen atoms in total. The minimum atomic E-state index is -0.330. The number of carbonyl (C=O) groups excluding carboxylic acids is 1. The number of thioether (sulfide) groups is 1. The Kier molecular flexibility index (Phi) is 11.0. The topological polar surface area (TPSA) is 46.5 Å². The molecule has 0 radical (unpaired) electrons. The van der Waals surface area contributed by atoms with Crippen LogP contribution in [0.3, 0.4) is 0 Å². The van der Waals surface area contributed by atoms with Crippen LogP contribution in [-0.2, 0) is 14.9 Å². The Morgan fingerprint density at radius 2 is 1.75 bits per heavy atom. The van der Waals surface area contributed by atoms with Crippen molar-refractivity contribution in [2.45, 2.75) is 91.4 Å². The lowest BCUT2D eigenvalue weighted by atomic mass is 9.82. The fourth-order valence-corrected chi connectivity index (χ4v) is 3.99. The highest BCUT2D eigenvalue weighted by Crippen LogP contribution is 2.36. The maximum Gasteiger partial charge on any atom is 0.313 e. The third-order valence-corrected chi connectivity index (χ3v) is 6.13. The van der Waals surface area contributed by atoms with Gasteiger partial charge in [-0.25, -0.2) is 0 Å². The molecule has 0 aliphatic heterocycles. The molecular formula is C24H40O3S. The number of hydrogen-bond acceptors (Lipinski definition) is 4. The second-order valence-corrected chi connectivity index (χ2v) is 9.98. The van der Waals surface area contributed by atoms with Gasteiger partial charge < -0.3 is 9.84 Å². The first-order valence-electron chi connectivity index (χ1n) is 10.8. The van der Waals surface area contributed by atoms with Gasteiger partial charge in [0.15, 0.2) is 0 Å². The average Bonchev–Trinajstić information content (AvgIpc) is 2.63. The summed E-state index contributed by atoms with van der Waals surface area (Å²) in [5.41, 5.74) is 2.40. The third-order valence-electron chi connectivity index (χ3n) is 5.10. The van der Waals surface area contributed by atoms with E-state index in [1.807, 2.05) is 37.7 Å². The van der Waals surface area contributed by atoms with Gasteiger partial charge in [0.1, 0.15) is 12.4 Å². The molecule has 28 heavy (non-hydrogen) atoms. The minimum Gasteiger partial charge on any atom is -0.507 e. The molecule has 0 saturated heterocycles. The average molecular weight is 409 g/mol. The van der Waals surface area contributed by atoms with Gasteiger partial charge in [0.05, 0.1) is 5.92 Å². The molecule has 1 N–H and O–H groups in total. The van der Waals surface area contributed by atoms with Crippen LogP contribution in [0.25, 0.3) is 0 Å². The van der Waals surface area contributed by atoms with Crippen LogP contribution in [0.15, 0.2) is 12.1 Å². The second-order valence-electron chi connectivity index (χ2n) is 8.75. The number of unbranched alkanes of at least 4 members (excludes halogenated alkanes) is 5. The van der Waals surface area contributed by atoms with Crippen molar-refractivity contribution in [3.63, 3.8) is 0 Å². The SMILES string of the molecule is CCCCCCCCSCCOC(=O)C(C)c1cc(C)c(O)c(C(C)(C)C)c1. The normalized spacial score (nSPS) is 12.8. The number of benzene rings is 1. The Balaban J connectivity index is 2.40. The fourth-order valence-electron chi connectivity index (χ4n) is 3.18. The van der Waals surface area contributed by atoms with Gasteiger partial charge in [0.25, 0.3) is 0 Å². The largest absolute Gasteiger partial charge is 0.507 e. The summed E-state index contributed by atoms with van der Waals surface area (Å²) in [6.07, 6.45) is 7.88. The standard InChI is InChI=1S/C24H40O3S/c1-7-8-9-10-11-12-14-28-15-13-27-23(26)19(3)20-16-18(2)22(25)21(17-20)24(4,5)6/h16-17,19,25H,7-15H2,1-6H3. The van der Waals surface area contributed by atoms with Crippen molar-refractivity contribution in [3.05, 3.63) is 28.8 Å². The predicted molar refractivity (Wildman–Crippen MR) is 122 cm³/mol. The predicted octanol–water partition coefficient (Wildman–Crippen LogP) is 6.74. The molecule has 1 unspecified atom stereocenters. The van der Waals surface area contributed by atoms with Gasteiger partial charge in [-0.2, -0.15) is 11.8 Å². The van der Waals surface area contributed by atoms with E-state index in [1.165, 1.54) is 38.5 Å². The van der Waals surface area contributed by atoms with Crippen LogP contribution >= 0.6 is 11.8 Å². The van der Waals surface area contributed by atoms with Crippen LogP contribution in [-0.4, -0.2) is 29.2 Å². The molecule has 1 atom stereocenters. The lowest BCUT2D eigenvalue weighted by Crippen LogP contribution is -2.17. The van der Waals surface area contributed by atoms with E-state index in [1.54, 1.807) is 0 Å². The first-order valence-corrected chi connectivity index (χ1v) is 11.9. The maximum atomic E-state index is 12.4. The van der Waals surface area contributed by atoms with Crippen LogP contribution in [0, 0.1) is 6.92 Å². The summed E-state index contributed by atoms with van der Waals surface area (Å²) < 4.78 is 5.49. The Morgan fingerprint density at radius 1 is 1.11 bits per heavy atom.